The van der Waals surface area contributed by atoms with Gasteiger partial charge in [0.1, 0.15) is 13.2 Å². The number of ether oxygens (including phenoxy) is 2. The highest BCUT2D eigenvalue weighted by atomic mass is 16.6. The zero-order valence-electron chi connectivity index (χ0n) is 14.2. The summed E-state index contributed by atoms with van der Waals surface area (Å²) in [6, 6.07) is 11.9. The Morgan fingerprint density at radius 2 is 2.08 bits per heavy atom. The quantitative estimate of drug-likeness (QED) is 0.859. The molecule has 25 heavy (non-hydrogen) atoms. The van der Waals surface area contributed by atoms with Crippen molar-refractivity contribution < 1.29 is 14.3 Å². The van der Waals surface area contributed by atoms with Crippen LogP contribution >= 0.6 is 0 Å². The number of carbonyl (C=O) groups excluding carboxylic acids is 1. The zero-order valence-corrected chi connectivity index (χ0v) is 14.2. The summed E-state index contributed by atoms with van der Waals surface area (Å²) in [6.45, 7) is 1.94. The first-order valence-corrected chi connectivity index (χ1v) is 8.91. The lowest BCUT2D eigenvalue weighted by Gasteiger charge is -2.29. The highest BCUT2D eigenvalue weighted by molar-refractivity contribution is 5.77. The predicted molar refractivity (Wildman–Crippen MR) is 93.7 cm³/mol. The third-order valence-electron chi connectivity index (χ3n) is 4.85. The zero-order chi connectivity index (χ0) is 17.1. The number of nitrogens with zero attached hydrogens (tertiary/aromatic N) is 2. The first kappa shape index (κ1) is 15.9. The Labute approximate surface area is 147 Å². The molecular formula is C20H22N2O3. The maximum Gasteiger partial charge on any atom is 0.223 e. The van der Waals surface area contributed by atoms with Crippen molar-refractivity contribution in [3.8, 4) is 11.5 Å². The molecule has 4 rings (SSSR count). The fraction of sp³-hybridized carbons (Fsp3) is 0.400. The highest BCUT2D eigenvalue weighted by Gasteiger charge is 2.33. The summed E-state index contributed by atoms with van der Waals surface area (Å²) >= 11 is 0. The standard InChI is InChI=1S/C20H22N2O3/c23-19(10-9-15-5-1-2-11-21-15)22-12-4-7-17(22)16-6-3-8-18-20(16)25-14-13-24-18/h1-3,5-6,8,11,17H,4,7,9-10,12-14H2. The van der Waals surface area contributed by atoms with Gasteiger partial charge in [-0.2, -0.15) is 0 Å². The van der Waals surface area contributed by atoms with Crippen LogP contribution < -0.4 is 9.47 Å². The summed E-state index contributed by atoms with van der Waals surface area (Å²) in [5, 5.41) is 0. The molecule has 1 saturated heterocycles. The Morgan fingerprint density at radius 3 is 2.96 bits per heavy atom. The molecule has 0 saturated carbocycles. The molecule has 0 bridgehead atoms. The van der Waals surface area contributed by atoms with Crippen LogP contribution in [0.25, 0.3) is 0 Å². The average molecular weight is 338 g/mol. The van der Waals surface area contributed by atoms with Crippen LogP contribution in [0.5, 0.6) is 11.5 Å². The maximum atomic E-state index is 12.8. The summed E-state index contributed by atoms with van der Waals surface area (Å²) in [5.41, 5.74) is 2.03. The number of hydrogen-bond donors (Lipinski definition) is 0. The van der Waals surface area contributed by atoms with Gasteiger partial charge in [-0.15, -0.1) is 0 Å². The van der Waals surface area contributed by atoms with Gasteiger partial charge in [0, 0.05) is 30.4 Å². The van der Waals surface area contributed by atoms with Crippen LogP contribution in [0, 0.1) is 0 Å². The molecule has 2 aliphatic heterocycles. The highest BCUT2D eigenvalue weighted by Crippen LogP contribution is 2.42. The van der Waals surface area contributed by atoms with Crippen LogP contribution in [-0.4, -0.2) is 35.5 Å². The van der Waals surface area contributed by atoms with E-state index in [-0.39, 0.29) is 11.9 Å². The van der Waals surface area contributed by atoms with E-state index < -0.39 is 0 Å². The first-order chi connectivity index (χ1) is 12.3. The van der Waals surface area contributed by atoms with Gasteiger partial charge in [-0.05, 0) is 37.5 Å². The maximum absolute atomic E-state index is 12.8. The minimum absolute atomic E-state index is 0.0767. The molecule has 0 spiro atoms. The van der Waals surface area contributed by atoms with Gasteiger partial charge in [0.25, 0.3) is 0 Å². The molecule has 1 atom stereocenters. The summed E-state index contributed by atoms with van der Waals surface area (Å²) < 4.78 is 11.5. The fourth-order valence-electron chi connectivity index (χ4n) is 3.67. The molecule has 1 unspecified atom stereocenters. The smallest absolute Gasteiger partial charge is 0.223 e. The lowest BCUT2D eigenvalue weighted by Crippen LogP contribution is -2.31. The van der Waals surface area contributed by atoms with Crippen molar-refractivity contribution in [3.63, 3.8) is 0 Å². The number of hydrogen-bond acceptors (Lipinski definition) is 4. The molecule has 130 valence electrons. The van der Waals surface area contributed by atoms with Crippen LogP contribution in [0.3, 0.4) is 0 Å². The number of benzene rings is 1. The number of aryl methyl sites for hydroxylation is 1. The molecule has 1 fully saturated rings. The third kappa shape index (κ3) is 3.31. The topological polar surface area (TPSA) is 51.7 Å². The molecule has 0 radical (unpaired) electrons. The van der Waals surface area contributed by atoms with Gasteiger partial charge >= 0.3 is 0 Å². The number of amides is 1. The Kier molecular flexibility index (Phi) is 4.55. The van der Waals surface area contributed by atoms with E-state index in [0.29, 0.717) is 26.1 Å². The second-order valence-electron chi connectivity index (χ2n) is 6.44. The van der Waals surface area contributed by atoms with Crippen molar-refractivity contribution in [2.24, 2.45) is 0 Å². The summed E-state index contributed by atoms with van der Waals surface area (Å²) in [7, 11) is 0. The van der Waals surface area contributed by atoms with Gasteiger partial charge in [0.2, 0.25) is 5.91 Å². The molecule has 0 N–H and O–H groups in total. The van der Waals surface area contributed by atoms with Crippen LogP contribution in [-0.2, 0) is 11.2 Å². The van der Waals surface area contributed by atoms with Crippen molar-refractivity contribution in [2.75, 3.05) is 19.8 Å². The van der Waals surface area contributed by atoms with E-state index in [1.54, 1.807) is 6.20 Å². The Morgan fingerprint density at radius 1 is 1.16 bits per heavy atom. The number of rotatable bonds is 4. The normalized spacial score (nSPS) is 19.0. The van der Waals surface area contributed by atoms with E-state index >= 15 is 0 Å². The lowest BCUT2D eigenvalue weighted by molar-refractivity contribution is -0.132. The first-order valence-electron chi connectivity index (χ1n) is 8.91. The summed E-state index contributed by atoms with van der Waals surface area (Å²) in [6.07, 6.45) is 4.92. The van der Waals surface area contributed by atoms with Gasteiger partial charge in [0.15, 0.2) is 11.5 Å². The van der Waals surface area contributed by atoms with E-state index in [0.717, 1.165) is 42.1 Å². The van der Waals surface area contributed by atoms with Crippen molar-refractivity contribution in [3.05, 3.63) is 53.9 Å². The molecule has 3 heterocycles. The Hall–Kier alpha value is -2.56. The Balaban J connectivity index is 1.50. The van der Waals surface area contributed by atoms with Crippen molar-refractivity contribution >= 4 is 5.91 Å². The van der Waals surface area contributed by atoms with E-state index in [4.69, 9.17) is 9.47 Å². The molecular weight excluding hydrogens is 316 g/mol. The number of fused-ring (bicyclic) bond motifs is 1. The van der Waals surface area contributed by atoms with Gasteiger partial charge in [0.05, 0.1) is 6.04 Å². The second kappa shape index (κ2) is 7.13. The molecule has 1 aromatic heterocycles. The number of likely N-dealkylation sites (tertiary alicyclic amines) is 1. The minimum Gasteiger partial charge on any atom is -0.486 e. The number of para-hydroxylation sites is 1. The number of aromatic nitrogens is 1. The largest absolute Gasteiger partial charge is 0.486 e. The van der Waals surface area contributed by atoms with E-state index in [2.05, 4.69) is 11.1 Å². The molecule has 1 amide bonds. The second-order valence-corrected chi connectivity index (χ2v) is 6.44. The summed E-state index contributed by atoms with van der Waals surface area (Å²) in [5.74, 6) is 1.78. The van der Waals surface area contributed by atoms with Crippen LogP contribution in [0.4, 0.5) is 0 Å². The molecule has 0 aliphatic carbocycles. The molecule has 2 aromatic rings. The van der Waals surface area contributed by atoms with E-state index in [9.17, 15) is 4.79 Å². The van der Waals surface area contributed by atoms with Crippen LogP contribution in [0.2, 0.25) is 0 Å². The fourth-order valence-corrected chi connectivity index (χ4v) is 3.67. The molecule has 1 aromatic carbocycles. The summed E-state index contributed by atoms with van der Waals surface area (Å²) in [4.78, 5) is 19.1. The number of pyridine rings is 1. The average Bonchev–Trinajstić information content (AvgIpc) is 3.16. The van der Waals surface area contributed by atoms with Gasteiger partial charge in [-0.3, -0.25) is 9.78 Å². The van der Waals surface area contributed by atoms with Crippen LogP contribution in [0.1, 0.15) is 36.6 Å². The van der Waals surface area contributed by atoms with Crippen molar-refractivity contribution in [1.82, 2.24) is 9.88 Å². The van der Waals surface area contributed by atoms with Crippen molar-refractivity contribution in [2.45, 2.75) is 31.7 Å². The van der Waals surface area contributed by atoms with Gasteiger partial charge in [-0.1, -0.05) is 18.2 Å². The SMILES string of the molecule is O=C(CCc1ccccn1)N1CCCC1c1cccc2c1OCCO2. The molecule has 5 heteroatoms. The number of carbonyl (C=O) groups is 1. The van der Waals surface area contributed by atoms with Gasteiger partial charge < -0.3 is 14.4 Å². The molecule has 5 nitrogen and oxygen atoms in total. The van der Waals surface area contributed by atoms with Crippen molar-refractivity contribution in [1.29, 1.82) is 0 Å². The predicted octanol–water partition coefficient (Wildman–Crippen LogP) is 3.15. The monoisotopic (exact) mass is 338 g/mol. The minimum atomic E-state index is 0.0767. The molecule has 2 aliphatic rings. The third-order valence-corrected chi connectivity index (χ3v) is 4.85. The van der Waals surface area contributed by atoms with Crippen LogP contribution in [0.15, 0.2) is 42.6 Å². The lowest BCUT2D eigenvalue weighted by atomic mass is 10.0. The van der Waals surface area contributed by atoms with Gasteiger partial charge in [-0.25, -0.2) is 0 Å². The van der Waals surface area contributed by atoms with E-state index in [1.165, 1.54) is 0 Å². The van der Waals surface area contributed by atoms with E-state index in [1.807, 2.05) is 35.2 Å². The Bertz CT molecular complexity index is 748.